The Hall–Kier alpha value is -2.04. The Morgan fingerprint density at radius 1 is 1.00 bits per heavy atom. The molecule has 0 N–H and O–H groups in total. The van der Waals surface area contributed by atoms with E-state index in [0.29, 0.717) is 25.0 Å². The number of hydrogen-bond acceptors (Lipinski definition) is 4. The van der Waals surface area contributed by atoms with Crippen LogP contribution in [0.2, 0.25) is 0 Å². The van der Waals surface area contributed by atoms with Gasteiger partial charge < -0.3 is 14.4 Å². The quantitative estimate of drug-likeness (QED) is 0.672. The molecule has 5 heteroatoms. The van der Waals surface area contributed by atoms with Crippen LogP contribution in [0.1, 0.15) is 44.6 Å². The molecule has 0 unspecified atom stereocenters. The topological polar surface area (TPSA) is 55.8 Å². The molecule has 0 heterocycles. The van der Waals surface area contributed by atoms with Crippen molar-refractivity contribution in [1.29, 1.82) is 0 Å². The minimum atomic E-state index is -0.161. The summed E-state index contributed by atoms with van der Waals surface area (Å²) < 4.78 is 10.9. The molecule has 0 aromatic heterocycles. The van der Waals surface area contributed by atoms with Crippen LogP contribution in [0, 0.1) is 29.6 Å². The normalized spacial score (nSPS) is 30.1. The standard InChI is InChI=1S/C23H31NO4/c1-3-27-20-6-4-15(5-7-20)13-24(2)21(25)14-28-23(26)22-18-9-16-8-17(11-18)12-19(22)10-16/h4-7,16-19,22H,3,8-14H2,1-2H3. The highest BCUT2D eigenvalue weighted by Crippen LogP contribution is 2.56. The van der Waals surface area contributed by atoms with Gasteiger partial charge >= 0.3 is 5.97 Å². The number of rotatable bonds is 7. The number of carbonyl (C=O) groups excluding carboxylic acids is 2. The highest BCUT2D eigenvalue weighted by molar-refractivity contribution is 5.81. The van der Waals surface area contributed by atoms with E-state index in [9.17, 15) is 9.59 Å². The van der Waals surface area contributed by atoms with Crippen molar-refractivity contribution in [2.75, 3.05) is 20.3 Å². The van der Waals surface area contributed by atoms with E-state index in [4.69, 9.17) is 9.47 Å². The Labute approximate surface area is 167 Å². The highest BCUT2D eigenvalue weighted by atomic mass is 16.5. The van der Waals surface area contributed by atoms with E-state index in [1.165, 1.54) is 32.1 Å². The molecule has 0 spiro atoms. The van der Waals surface area contributed by atoms with Crippen molar-refractivity contribution in [1.82, 2.24) is 4.90 Å². The summed E-state index contributed by atoms with van der Waals surface area (Å²) in [5.41, 5.74) is 1.02. The van der Waals surface area contributed by atoms with Gasteiger partial charge in [0.25, 0.3) is 5.91 Å². The first kappa shape index (κ1) is 19.3. The first-order valence-electron chi connectivity index (χ1n) is 10.7. The van der Waals surface area contributed by atoms with Gasteiger partial charge in [-0.3, -0.25) is 9.59 Å². The lowest BCUT2D eigenvalue weighted by atomic mass is 9.52. The van der Waals surface area contributed by atoms with Gasteiger partial charge in [0.1, 0.15) is 5.75 Å². The largest absolute Gasteiger partial charge is 0.494 e. The van der Waals surface area contributed by atoms with Crippen molar-refractivity contribution in [3.05, 3.63) is 29.8 Å². The van der Waals surface area contributed by atoms with Crippen molar-refractivity contribution in [2.45, 2.75) is 45.6 Å². The lowest BCUT2D eigenvalue weighted by Crippen LogP contribution is -2.48. The molecule has 1 amide bonds. The van der Waals surface area contributed by atoms with Gasteiger partial charge in [0, 0.05) is 13.6 Å². The van der Waals surface area contributed by atoms with Crippen molar-refractivity contribution in [2.24, 2.45) is 29.6 Å². The van der Waals surface area contributed by atoms with Crippen LogP contribution in [-0.2, 0) is 20.9 Å². The summed E-state index contributed by atoms with van der Waals surface area (Å²) in [6.45, 7) is 2.91. The first-order valence-corrected chi connectivity index (χ1v) is 10.7. The molecule has 0 saturated heterocycles. The number of nitrogens with zero attached hydrogens (tertiary/aromatic N) is 1. The molecule has 0 aliphatic heterocycles. The zero-order valence-electron chi connectivity index (χ0n) is 16.9. The Bertz CT molecular complexity index is 686. The second-order valence-corrected chi connectivity index (χ2v) is 8.89. The van der Waals surface area contributed by atoms with Gasteiger partial charge in [-0.05, 0) is 80.4 Å². The highest BCUT2D eigenvalue weighted by Gasteiger charge is 2.51. The molecule has 4 saturated carbocycles. The van der Waals surface area contributed by atoms with E-state index < -0.39 is 0 Å². The minimum absolute atomic E-state index is 0.0250. The fourth-order valence-corrected chi connectivity index (χ4v) is 5.87. The van der Waals surface area contributed by atoms with Crippen LogP contribution >= 0.6 is 0 Å². The monoisotopic (exact) mass is 385 g/mol. The predicted molar refractivity (Wildman–Crippen MR) is 106 cm³/mol. The summed E-state index contributed by atoms with van der Waals surface area (Å²) in [6.07, 6.45) is 6.08. The molecule has 0 radical (unpaired) electrons. The van der Waals surface area contributed by atoms with Gasteiger partial charge in [0.2, 0.25) is 0 Å². The van der Waals surface area contributed by atoms with Crippen LogP contribution in [0.25, 0.3) is 0 Å². The molecule has 4 bridgehead atoms. The van der Waals surface area contributed by atoms with E-state index in [-0.39, 0.29) is 24.4 Å². The summed E-state index contributed by atoms with van der Waals surface area (Å²) in [5, 5.41) is 0. The van der Waals surface area contributed by atoms with Crippen molar-refractivity contribution in [3.8, 4) is 5.75 Å². The Kier molecular flexibility index (Phi) is 5.61. The van der Waals surface area contributed by atoms with Crippen LogP contribution in [0.15, 0.2) is 24.3 Å². The molecule has 4 aliphatic rings. The van der Waals surface area contributed by atoms with Crippen LogP contribution in [0.5, 0.6) is 5.75 Å². The van der Waals surface area contributed by atoms with Crippen molar-refractivity contribution in [3.63, 3.8) is 0 Å². The zero-order chi connectivity index (χ0) is 19.7. The maximum absolute atomic E-state index is 12.7. The van der Waals surface area contributed by atoms with E-state index in [1.54, 1.807) is 11.9 Å². The van der Waals surface area contributed by atoms with Crippen molar-refractivity contribution >= 4 is 11.9 Å². The summed E-state index contributed by atoms with van der Waals surface area (Å²) in [6, 6.07) is 7.72. The molecule has 152 valence electrons. The van der Waals surface area contributed by atoms with Crippen LogP contribution in [0.4, 0.5) is 0 Å². The molecule has 1 aromatic carbocycles. The van der Waals surface area contributed by atoms with E-state index in [2.05, 4.69) is 0 Å². The lowest BCUT2D eigenvalue weighted by Gasteiger charge is -2.53. The van der Waals surface area contributed by atoms with Gasteiger partial charge in [-0.25, -0.2) is 0 Å². The second-order valence-electron chi connectivity index (χ2n) is 8.89. The van der Waals surface area contributed by atoms with Crippen LogP contribution in [0.3, 0.4) is 0 Å². The number of carbonyl (C=O) groups is 2. The van der Waals surface area contributed by atoms with Crippen molar-refractivity contribution < 1.29 is 19.1 Å². The summed E-state index contributed by atoms with van der Waals surface area (Å²) in [7, 11) is 1.75. The number of likely N-dealkylation sites (N-methyl/N-ethyl adjacent to an activating group) is 1. The summed E-state index contributed by atoms with van der Waals surface area (Å²) in [5.74, 6) is 3.17. The SMILES string of the molecule is CCOc1ccc(CN(C)C(=O)COC(=O)C2C3CC4CC(C3)CC2C4)cc1. The third-order valence-corrected chi connectivity index (χ3v) is 6.92. The molecule has 28 heavy (non-hydrogen) atoms. The number of benzene rings is 1. The smallest absolute Gasteiger partial charge is 0.310 e. The fraction of sp³-hybridized carbons (Fsp3) is 0.652. The average Bonchev–Trinajstić information content (AvgIpc) is 2.67. The van der Waals surface area contributed by atoms with Crippen LogP contribution in [-0.4, -0.2) is 37.0 Å². The molecule has 5 nitrogen and oxygen atoms in total. The second kappa shape index (κ2) is 8.14. The third-order valence-electron chi connectivity index (χ3n) is 6.92. The van der Waals surface area contributed by atoms with Crippen LogP contribution < -0.4 is 4.74 Å². The predicted octanol–water partition coefficient (Wildman–Crippen LogP) is 3.66. The van der Waals surface area contributed by atoms with Gasteiger partial charge in [-0.2, -0.15) is 0 Å². The molecular formula is C23H31NO4. The number of ether oxygens (including phenoxy) is 2. The molecule has 0 atom stereocenters. The average molecular weight is 386 g/mol. The lowest BCUT2D eigenvalue weighted by molar-refractivity contribution is -0.166. The van der Waals surface area contributed by atoms with Gasteiger partial charge in [-0.1, -0.05) is 12.1 Å². The Balaban J connectivity index is 1.26. The summed E-state index contributed by atoms with van der Waals surface area (Å²) in [4.78, 5) is 26.8. The molecule has 4 fully saturated rings. The van der Waals surface area contributed by atoms with Gasteiger partial charge in [0.05, 0.1) is 12.5 Å². The van der Waals surface area contributed by atoms with Gasteiger partial charge in [0.15, 0.2) is 6.61 Å². The first-order chi connectivity index (χ1) is 13.5. The fourth-order valence-electron chi connectivity index (χ4n) is 5.87. The number of hydrogen-bond donors (Lipinski definition) is 0. The number of esters is 1. The summed E-state index contributed by atoms with van der Waals surface area (Å²) >= 11 is 0. The molecule has 1 aromatic rings. The number of amides is 1. The molecule has 5 rings (SSSR count). The van der Waals surface area contributed by atoms with E-state index in [0.717, 1.165) is 23.1 Å². The van der Waals surface area contributed by atoms with Gasteiger partial charge in [-0.15, -0.1) is 0 Å². The van der Waals surface area contributed by atoms with E-state index >= 15 is 0 Å². The Morgan fingerprint density at radius 2 is 1.61 bits per heavy atom. The van der Waals surface area contributed by atoms with E-state index in [1.807, 2.05) is 31.2 Å². The minimum Gasteiger partial charge on any atom is -0.494 e. The Morgan fingerprint density at radius 3 is 2.18 bits per heavy atom. The zero-order valence-corrected chi connectivity index (χ0v) is 16.9. The third kappa shape index (κ3) is 4.03. The molecular weight excluding hydrogens is 354 g/mol. The maximum Gasteiger partial charge on any atom is 0.310 e. The maximum atomic E-state index is 12.7. The molecule has 4 aliphatic carbocycles.